The quantitative estimate of drug-likeness (QED) is 0.684. The van der Waals surface area contributed by atoms with E-state index in [1.807, 2.05) is 0 Å². The van der Waals surface area contributed by atoms with E-state index < -0.39 is 12.2 Å². The van der Waals surface area contributed by atoms with Crippen molar-refractivity contribution in [1.82, 2.24) is 20.2 Å². The molecule has 0 aliphatic rings. The van der Waals surface area contributed by atoms with Crippen LogP contribution in [0.1, 0.15) is 5.56 Å². The molecule has 24 heavy (non-hydrogen) atoms. The first-order valence-electron chi connectivity index (χ1n) is 6.77. The lowest BCUT2D eigenvalue weighted by Gasteiger charge is -2.08. The molecule has 0 unspecified atom stereocenters. The van der Waals surface area contributed by atoms with Gasteiger partial charge in [-0.2, -0.15) is 4.80 Å². The maximum atomic E-state index is 13.2. The summed E-state index contributed by atoms with van der Waals surface area (Å²) in [5.74, 6) is -0.464. The summed E-state index contributed by atoms with van der Waals surface area (Å²) >= 11 is 0. The highest BCUT2D eigenvalue weighted by Crippen LogP contribution is 2.23. The third-order valence-corrected chi connectivity index (χ3v) is 3.02. The summed E-state index contributed by atoms with van der Waals surface area (Å²) in [5.41, 5.74) is 1.14. The zero-order valence-electron chi connectivity index (χ0n) is 12.0. The first-order chi connectivity index (χ1) is 11.4. The Morgan fingerprint density at radius 2 is 1.79 bits per heavy atom. The minimum atomic E-state index is -4.73. The summed E-state index contributed by atoms with van der Waals surface area (Å²) in [7, 11) is 0. The topological polar surface area (TPSA) is 52.8 Å². The summed E-state index contributed by atoms with van der Waals surface area (Å²) in [6.45, 7) is 0.203. The van der Waals surface area contributed by atoms with Gasteiger partial charge < -0.3 is 4.74 Å². The zero-order valence-corrected chi connectivity index (χ0v) is 12.0. The Morgan fingerprint density at radius 3 is 2.46 bits per heavy atom. The van der Waals surface area contributed by atoms with Gasteiger partial charge in [-0.05, 0) is 35.0 Å². The van der Waals surface area contributed by atoms with Gasteiger partial charge in [0.05, 0.1) is 6.54 Å². The van der Waals surface area contributed by atoms with Crippen LogP contribution in [0.15, 0.2) is 48.5 Å². The Hall–Kier alpha value is -2.97. The molecule has 9 heteroatoms. The highest BCUT2D eigenvalue weighted by molar-refractivity contribution is 5.53. The van der Waals surface area contributed by atoms with Crippen LogP contribution in [-0.2, 0) is 6.54 Å². The smallest absolute Gasteiger partial charge is 0.406 e. The molecule has 1 heterocycles. The van der Waals surface area contributed by atoms with Crippen molar-refractivity contribution < 1.29 is 22.3 Å². The van der Waals surface area contributed by atoms with Crippen molar-refractivity contribution in [3.05, 3.63) is 59.9 Å². The number of benzene rings is 2. The summed E-state index contributed by atoms with van der Waals surface area (Å²) in [6, 6.07) is 11.1. The van der Waals surface area contributed by atoms with Crippen LogP contribution < -0.4 is 4.74 Å². The van der Waals surface area contributed by atoms with Gasteiger partial charge in [0.1, 0.15) is 11.6 Å². The van der Waals surface area contributed by atoms with Crippen molar-refractivity contribution >= 4 is 0 Å². The molecule has 1 aromatic heterocycles. The van der Waals surface area contributed by atoms with Crippen molar-refractivity contribution in [2.24, 2.45) is 0 Å². The fourth-order valence-corrected chi connectivity index (χ4v) is 2.01. The molecule has 0 amide bonds. The van der Waals surface area contributed by atoms with Gasteiger partial charge in [0.25, 0.3) is 0 Å². The maximum Gasteiger partial charge on any atom is 0.573 e. The molecule has 2 aromatic carbocycles. The zero-order chi connectivity index (χ0) is 17.2. The molecule has 3 aromatic rings. The van der Waals surface area contributed by atoms with Crippen LogP contribution in [0.4, 0.5) is 17.6 Å². The van der Waals surface area contributed by atoms with Crippen LogP contribution in [-0.4, -0.2) is 26.6 Å². The van der Waals surface area contributed by atoms with Gasteiger partial charge in [-0.25, -0.2) is 4.39 Å². The number of hydrogen-bond acceptors (Lipinski definition) is 4. The molecule has 0 saturated carbocycles. The van der Waals surface area contributed by atoms with Crippen LogP contribution in [0.3, 0.4) is 0 Å². The van der Waals surface area contributed by atoms with Crippen molar-refractivity contribution in [2.75, 3.05) is 0 Å². The Bertz CT molecular complexity index is 830. The third-order valence-electron chi connectivity index (χ3n) is 3.02. The van der Waals surface area contributed by atoms with E-state index in [-0.39, 0.29) is 18.1 Å². The summed E-state index contributed by atoms with van der Waals surface area (Å²) in [4.78, 5) is 1.26. The van der Waals surface area contributed by atoms with Crippen molar-refractivity contribution in [1.29, 1.82) is 0 Å². The average molecular weight is 338 g/mol. The SMILES string of the molecule is Fc1cccc(-c2nnn(Cc3ccc(OC(F)(F)F)cc3)n2)c1. The van der Waals surface area contributed by atoms with Crippen LogP contribution in [0.2, 0.25) is 0 Å². The van der Waals surface area contributed by atoms with Crippen molar-refractivity contribution in [3.63, 3.8) is 0 Å². The van der Waals surface area contributed by atoms with Gasteiger partial charge in [0.15, 0.2) is 0 Å². The molecule has 3 rings (SSSR count). The van der Waals surface area contributed by atoms with Crippen LogP contribution in [0.25, 0.3) is 11.4 Å². The predicted molar refractivity (Wildman–Crippen MR) is 75.4 cm³/mol. The molecular formula is C15H10F4N4O. The Morgan fingerprint density at radius 1 is 1.04 bits per heavy atom. The first kappa shape index (κ1) is 15.9. The molecule has 0 atom stereocenters. The van der Waals surface area contributed by atoms with E-state index in [4.69, 9.17) is 0 Å². The molecule has 124 valence electrons. The Balaban J connectivity index is 1.71. The van der Waals surface area contributed by atoms with E-state index in [9.17, 15) is 17.6 Å². The molecule has 0 fully saturated rings. The number of alkyl halides is 3. The van der Waals surface area contributed by atoms with E-state index in [0.29, 0.717) is 11.1 Å². The molecule has 0 spiro atoms. The molecule has 0 aliphatic heterocycles. The lowest BCUT2D eigenvalue weighted by molar-refractivity contribution is -0.274. The van der Waals surface area contributed by atoms with E-state index in [1.165, 1.54) is 47.3 Å². The van der Waals surface area contributed by atoms with Gasteiger partial charge in [-0.1, -0.05) is 24.3 Å². The molecule has 5 nitrogen and oxygen atoms in total. The maximum absolute atomic E-state index is 13.2. The first-order valence-corrected chi connectivity index (χ1v) is 6.77. The second-order valence-corrected chi connectivity index (χ2v) is 4.85. The molecular weight excluding hydrogens is 328 g/mol. The largest absolute Gasteiger partial charge is 0.573 e. The highest BCUT2D eigenvalue weighted by Gasteiger charge is 2.30. The molecule has 0 radical (unpaired) electrons. The van der Waals surface area contributed by atoms with E-state index in [1.54, 1.807) is 6.07 Å². The summed E-state index contributed by atoms with van der Waals surface area (Å²) in [6.07, 6.45) is -4.73. The predicted octanol–water partition coefficient (Wildman–Crippen LogP) is 3.43. The number of halogens is 4. The minimum absolute atomic E-state index is 0.203. The summed E-state index contributed by atoms with van der Waals surface area (Å²) in [5, 5.41) is 11.8. The van der Waals surface area contributed by atoms with Crippen LogP contribution in [0.5, 0.6) is 5.75 Å². The number of aromatic nitrogens is 4. The lowest BCUT2D eigenvalue weighted by atomic mass is 10.2. The van der Waals surface area contributed by atoms with E-state index in [2.05, 4.69) is 20.1 Å². The van der Waals surface area contributed by atoms with E-state index in [0.717, 1.165) is 0 Å². The number of rotatable bonds is 4. The minimum Gasteiger partial charge on any atom is -0.406 e. The van der Waals surface area contributed by atoms with Crippen molar-refractivity contribution in [2.45, 2.75) is 12.9 Å². The fraction of sp³-hybridized carbons (Fsp3) is 0.133. The molecule has 0 bridgehead atoms. The molecule has 0 N–H and O–H groups in total. The number of nitrogens with zero attached hydrogens (tertiary/aromatic N) is 4. The van der Waals surface area contributed by atoms with Crippen molar-refractivity contribution in [3.8, 4) is 17.1 Å². The van der Waals surface area contributed by atoms with Crippen LogP contribution >= 0.6 is 0 Å². The molecule has 0 aliphatic carbocycles. The standard InChI is InChI=1S/C15H10F4N4O/c16-12-3-1-2-11(8-12)14-20-22-23(21-14)9-10-4-6-13(7-5-10)24-15(17,18)19/h1-8H,9H2. The number of hydrogen-bond donors (Lipinski definition) is 0. The lowest BCUT2D eigenvalue weighted by Crippen LogP contribution is -2.17. The number of tetrazole rings is 1. The van der Waals surface area contributed by atoms with Gasteiger partial charge in [-0.15, -0.1) is 23.4 Å². The average Bonchev–Trinajstić information content (AvgIpc) is 2.96. The Kier molecular flexibility index (Phi) is 4.15. The number of ether oxygens (including phenoxy) is 1. The highest BCUT2D eigenvalue weighted by atomic mass is 19.4. The second kappa shape index (κ2) is 6.26. The van der Waals surface area contributed by atoms with Gasteiger partial charge in [0, 0.05) is 5.56 Å². The Labute approximate surface area is 133 Å². The van der Waals surface area contributed by atoms with E-state index >= 15 is 0 Å². The summed E-state index contributed by atoms with van der Waals surface area (Å²) < 4.78 is 53.3. The molecule has 0 saturated heterocycles. The fourth-order valence-electron chi connectivity index (χ4n) is 2.01. The van der Waals surface area contributed by atoms with Gasteiger partial charge >= 0.3 is 6.36 Å². The van der Waals surface area contributed by atoms with Gasteiger partial charge in [-0.3, -0.25) is 0 Å². The third kappa shape index (κ3) is 4.06. The normalized spacial score (nSPS) is 11.5. The second-order valence-electron chi connectivity index (χ2n) is 4.85. The monoisotopic (exact) mass is 338 g/mol. The van der Waals surface area contributed by atoms with Gasteiger partial charge in [0.2, 0.25) is 5.82 Å². The van der Waals surface area contributed by atoms with Crippen LogP contribution in [0, 0.1) is 5.82 Å².